The Labute approximate surface area is 82.3 Å². The molecule has 0 spiro atoms. The Morgan fingerprint density at radius 1 is 1.77 bits per heavy atom. The first-order valence-electron chi connectivity index (χ1n) is 6.03. The van der Waals surface area contributed by atoms with E-state index in [1.807, 2.05) is 6.08 Å². The summed E-state index contributed by atoms with van der Waals surface area (Å²) in [4.78, 5) is 13.2. The summed E-state index contributed by atoms with van der Waals surface area (Å²) in [7, 11) is 0. The number of hydrogen-bond donors (Lipinski definition) is 1. The van der Waals surface area contributed by atoms with Gasteiger partial charge in [0.25, 0.3) is 0 Å². The Morgan fingerprint density at radius 2 is 2.54 bits per heavy atom. The van der Waals surface area contributed by atoms with E-state index in [9.17, 15) is 9.90 Å². The summed E-state index contributed by atoms with van der Waals surface area (Å²) in [5, 5.41) is 9.82. The maximum absolute atomic E-state index is 11.5. The molecule has 1 amide bonds. The van der Waals surface area contributed by atoms with Gasteiger partial charge in [-0.1, -0.05) is 6.08 Å². The van der Waals surface area contributed by atoms with Gasteiger partial charge in [0.2, 0.25) is 5.91 Å². The van der Waals surface area contributed by atoms with Gasteiger partial charge in [-0.05, 0) is 32.2 Å². The van der Waals surface area contributed by atoms with Crippen LogP contribution in [0.3, 0.4) is 0 Å². The van der Waals surface area contributed by atoms with E-state index in [4.69, 9.17) is 4.11 Å². The molecule has 0 aromatic heterocycles. The first kappa shape index (κ1) is 5.81. The van der Waals surface area contributed by atoms with Gasteiger partial charge in [-0.15, -0.1) is 0 Å². The molecular weight excluding hydrogens is 166 g/mol. The third-order valence-electron chi connectivity index (χ3n) is 2.67. The SMILES string of the molecule is [2H]C([2H])([2H])C1(O)CC(N2CCC=CC2=O)C1. The number of carbonyl (C=O) groups excluding carboxylic acids is 1. The van der Waals surface area contributed by atoms with Crippen LogP contribution in [-0.2, 0) is 4.79 Å². The number of rotatable bonds is 1. The molecule has 0 aromatic carbocycles. The Bertz CT molecular complexity index is 331. The molecule has 72 valence electrons. The second kappa shape index (κ2) is 2.84. The minimum atomic E-state index is -2.35. The molecule has 2 rings (SSSR count). The van der Waals surface area contributed by atoms with Crippen molar-refractivity contribution in [2.45, 2.75) is 37.8 Å². The Balaban J connectivity index is 1.98. The van der Waals surface area contributed by atoms with Crippen molar-refractivity contribution in [3.8, 4) is 0 Å². The molecule has 1 aliphatic carbocycles. The molecule has 0 aromatic rings. The molecule has 3 heteroatoms. The van der Waals surface area contributed by atoms with E-state index in [-0.39, 0.29) is 24.8 Å². The van der Waals surface area contributed by atoms with Crippen molar-refractivity contribution in [3.05, 3.63) is 12.2 Å². The summed E-state index contributed by atoms with van der Waals surface area (Å²) in [5.74, 6) is -0.0798. The van der Waals surface area contributed by atoms with Crippen LogP contribution < -0.4 is 0 Å². The van der Waals surface area contributed by atoms with Gasteiger partial charge >= 0.3 is 0 Å². The van der Waals surface area contributed by atoms with Crippen LogP contribution in [0.2, 0.25) is 0 Å². The van der Waals surface area contributed by atoms with Crippen LogP contribution in [0.4, 0.5) is 0 Å². The number of carbonyl (C=O) groups is 1. The van der Waals surface area contributed by atoms with Crippen molar-refractivity contribution < 1.29 is 14.0 Å². The van der Waals surface area contributed by atoms with E-state index in [1.54, 1.807) is 4.90 Å². The van der Waals surface area contributed by atoms with E-state index in [0.717, 1.165) is 6.42 Å². The number of nitrogens with zero attached hydrogens (tertiary/aromatic N) is 1. The monoisotopic (exact) mass is 184 g/mol. The predicted octanol–water partition coefficient (Wildman–Crippen LogP) is 0.688. The highest BCUT2D eigenvalue weighted by Crippen LogP contribution is 2.35. The zero-order valence-corrected chi connectivity index (χ0v) is 7.36. The first-order chi connectivity index (χ1) is 7.33. The first-order valence-corrected chi connectivity index (χ1v) is 4.53. The summed E-state index contributed by atoms with van der Waals surface area (Å²) in [6.07, 6.45) is 4.43. The molecule has 2 aliphatic rings. The second-order valence-electron chi connectivity index (χ2n) is 3.82. The van der Waals surface area contributed by atoms with Crippen LogP contribution in [-0.4, -0.2) is 34.1 Å². The Morgan fingerprint density at radius 3 is 3.15 bits per heavy atom. The van der Waals surface area contributed by atoms with Crippen LogP contribution in [0.15, 0.2) is 12.2 Å². The van der Waals surface area contributed by atoms with E-state index in [1.165, 1.54) is 6.08 Å². The predicted molar refractivity (Wildman–Crippen MR) is 49.1 cm³/mol. The third kappa shape index (κ3) is 1.61. The van der Waals surface area contributed by atoms with Crippen LogP contribution in [0.5, 0.6) is 0 Å². The van der Waals surface area contributed by atoms with Crippen molar-refractivity contribution in [1.82, 2.24) is 4.90 Å². The maximum atomic E-state index is 11.5. The van der Waals surface area contributed by atoms with Gasteiger partial charge in [-0.25, -0.2) is 0 Å². The molecule has 1 N–H and O–H groups in total. The standard InChI is InChI=1S/C10H15NO2/c1-10(13)6-8(7-10)11-5-3-2-4-9(11)12/h2,4,8,13H,3,5-7H2,1H3/i1D3. The molecule has 0 unspecified atom stereocenters. The number of aliphatic hydroxyl groups is 1. The van der Waals surface area contributed by atoms with E-state index in [0.29, 0.717) is 6.54 Å². The normalized spacial score (nSPS) is 43.5. The second-order valence-corrected chi connectivity index (χ2v) is 3.82. The number of hydrogen-bond acceptors (Lipinski definition) is 2. The summed E-state index contributed by atoms with van der Waals surface area (Å²) >= 11 is 0. The summed E-state index contributed by atoms with van der Waals surface area (Å²) < 4.78 is 21.6. The lowest BCUT2D eigenvalue weighted by molar-refractivity contribution is -0.138. The molecule has 0 atom stereocenters. The van der Waals surface area contributed by atoms with E-state index in [2.05, 4.69) is 0 Å². The average Bonchev–Trinajstić information content (AvgIpc) is 2.12. The maximum Gasteiger partial charge on any atom is 0.246 e. The van der Waals surface area contributed by atoms with Gasteiger partial charge < -0.3 is 10.0 Å². The van der Waals surface area contributed by atoms with Gasteiger partial charge in [-0.2, -0.15) is 0 Å². The minimum absolute atomic E-state index is 0.0798. The van der Waals surface area contributed by atoms with Gasteiger partial charge in [0.15, 0.2) is 0 Å². The molecule has 1 saturated carbocycles. The fraction of sp³-hybridized carbons (Fsp3) is 0.700. The zero-order chi connectivity index (χ0) is 12.0. The Kier molecular flexibility index (Phi) is 1.27. The van der Waals surface area contributed by atoms with Gasteiger partial charge in [0, 0.05) is 16.7 Å². The highest BCUT2D eigenvalue weighted by molar-refractivity contribution is 5.88. The zero-order valence-electron chi connectivity index (χ0n) is 10.4. The molecule has 0 bridgehead atoms. The topological polar surface area (TPSA) is 40.5 Å². The molecule has 3 nitrogen and oxygen atoms in total. The average molecular weight is 184 g/mol. The highest BCUT2D eigenvalue weighted by atomic mass is 16.3. The number of amides is 1. The van der Waals surface area contributed by atoms with Crippen molar-refractivity contribution in [1.29, 1.82) is 0 Å². The lowest BCUT2D eigenvalue weighted by atomic mass is 9.76. The van der Waals surface area contributed by atoms with Crippen molar-refractivity contribution in [2.75, 3.05) is 6.54 Å². The fourth-order valence-electron chi connectivity index (χ4n) is 1.91. The lowest BCUT2D eigenvalue weighted by Crippen LogP contribution is -2.55. The van der Waals surface area contributed by atoms with Crippen LogP contribution in [0.25, 0.3) is 0 Å². The molecular formula is C10H15NO2. The molecule has 13 heavy (non-hydrogen) atoms. The summed E-state index contributed by atoms with van der Waals surface area (Å²) in [6, 6.07) is -0.122. The largest absolute Gasteiger partial charge is 0.390 e. The highest BCUT2D eigenvalue weighted by Gasteiger charge is 2.42. The van der Waals surface area contributed by atoms with E-state index >= 15 is 0 Å². The van der Waals surface area contributed by atoms with Crippen LogP contribution in [0, 0.1) is 0 Å². The fourth-order valence-corrected chi connectivity index (χ4v) is 1.91. The van der Waals surface area contributed by atoms with E-state index < -0.39 is 12.5 Å². The molecule has 1 fully saturated rings. The van der Waals surface area contributed by atoms with Crippen LogP contribution in [0.1, 0.15) is 30.2 Å². The van der Waals surface area contributed by atoms with Crippen molar-refractivity contribution >= 4 is 5.91 Å². The molecule has 0 radical (unpaired) electrons. The molecule has 0 saturated heterocycles. The smallest absolute Gasteiger partial charge is 0.246 e. The Hall–Kier alpha value is -0.830. The minimum Gasteiger partial charge on any atom is -0.390 e. The quantitative estimate of drug-likeness (QED) is 0.651. The van der Waals surface area contributed by atoms with Gasteiger partial charge in [0.05, 0.1) is 5.60 Å². The summed E-state index contributed by atoms with van der Waals surface area (Å²) in [6.45, 7) is -1.73. The van der Waals surface area contributed by atoms with Crippen molar-refractivity contribution in [2.24, 2.45) is 0 Å². The van der Waals surface area contributed by atoms with Gasteiger partial charge in [-0.3, -0.25) is 4.79 Å². The summed E-state index contributed by atoms with van der Waals surface area (Å²) in [5.41, 5.74) is -1.60. The van der Waals surface area contributed by atoms with Gasteiger partial charge in [0.1, 0.15) is 0 Å². The lowest BCUT2D eigenvalue weighted by Gasteiger charge is -2.47. The third-order valence-corrected chi connectivity index (χ3v) is 2.67. The molecule has 1 heterocycles. The molecule has 1 aliphatic heterocycles. The van der Waals surface area contributed by atoms with Crippen LogP contribution >= 0.6 is 0 Å². The van der Waals surface area contributed by atoms with Crippen molar-refractivity contribution in [3.63, 3.8) is 0 Å².